The maximum absolute atomic E-state index is 14.4. The molecule has 1 saturated heterocycles. The van der Waals surface area contributed by atoms with Gasteiger partial charge in [-0.15, -0.1) is 0 Å². The summed E-state index contributed by atoms with van der Waals surface area (Å²) < 4.78 is 5.50. The lowest BCUT2D eigenvalue weighted by molar-refractivity contribution is -0.145. The summed E-state index contributed by atoms with van der Waals surface area (Å²) in [7, 11) is 0. The van der Waals surface area contributed by atoms with Gasteiger partial charge in [0.05, 0.1) is 6.04 Å². The Morgan fingerprint density at radius 1 is 1.10 bits per heavy atom. The van der Waals surface area contributed by atoms with Crippen molar-refractivity contribution in [3.05, 3.63) is 48.2 Å². The minimum Gasteiger partial charge on any atom is -0.479 e. The van der Waals surface area contributed by atoms with Crippen molar-refractivity contribution in [1.82, 2.24) is 35.4 Å². The minimum atomic E-state index is -1.42. The predicted molar refractivity (Wildman–Crippen MR) is 183 cm³/mol. The number of rotatable bonds is 8. The molecule has 266 valence electrons. The van der Waals surface area contributed by atoms with Crippen LogP contribution in [-0.4, -0.2) is 96.6 Å². The van der Waals surface area contributed by atoms with Crippen molar-refractivity contribution in [3.8, 4) is 11.3 Å². The third-order valence-corrected chi connectivity index (χ3v) is 9.67. The van der Waals surface area contributed by atoms with E-state index in [9.17, 15) is 24.3 Å². The number of alkyl carbamates (subject to hydrolysis) is 1. The number of hydrogen-bond acceptors (Lipinski definition) is 8. The number of allylic oxidation sites excluding steroid dienone is 1. The quantitative estimate of drug-likeness (QED) is 0.347. The number of carboxylic acid groups (broad SMARTS) is 1. The molecule has 49 heavy (non-hydrogen) atoms. The molecule has 3 heterocycles. The van der Waals surface area contributed by atoms with Gasteiger partial charge in [-0.25, -0.2) is 9.59 Å². The van der Waals surface area contributed by atoms with E-state index in [0.29, 0.717) is 19.4 Å². The van der Waals surface area contributed by atoms with Crippen LogP contribution in [0.1, 0.15) is 91.3 Å². The van der Waals surface area contributed by atoms with Crippen LogP contribution in [0, 0.1) is 5.92 Å². The average Bonchev–Trinajstić information content (AvgIpc) is 3.36. The number of aliphatic carboxylic acids is 1. The van der Waals surface area contributed by atoms with Crippen LogP contribution in [0.4, 0.5) is 4.79 Å². The van der Waals surface area contributed by atoms with Gasteiger partial charge in [0.15, 0.2) is 0 Å². The van der Waals surface area contributed by atoms with E-state index in [1.807, 2.05) is 42.5 Å². The van der Waals surface area contributed by atoms with Crippen molar-refractivity contribution in [3.63, 3.8) is 0 Å². The highest BCUT2D eigenvalue weighted by atomic mass is 16.6. The van der Waals surface area contributed by atoms with E-state index in [1.54, 1.807) is 25.6 Å². The lowest BCUT2D eigenvalue weighted by Crippen LogP contribution is -2.56. The molecule has 0 radical (unpaired) electrons. The van der Waals surface area contributed by atoms with Crippen molar-refractivity contribution in [1.29, 1.82) is 0 Å². The Bertz CT molecular complexity index is 1530. The number of carbonyl (C=O) groups is 4. The number of nitrogens with one attached hydrogen (secondary N) is 2. The highest BCUT2D eigenvalue weighted by Gasteiger charge is 2.61. The van der Waals surface area contributed by atoms with Crippen molar-refractivity contribution >= 4 is 23.9 Å². The SMILES string of the molecule is CCN(CC)Cc1nn([C@H]2C[C@H]3C(=O)N[C@]4(C(=O)O)C[C@H]4/C=C\CCCCC[C@H](NC(=O)OC(C)(C)C)C(=O)N3C2)nc1-c1ccccc1. The van der Waals surface area contributed by atoms with E-state index in [0.717, 1.165) is 49.3 Å². The summed E-state index contributed by atoms with van der Waals surface area (Å²) in [4.78, 5) is 59.2. The standard InChI is InChI=1S/C36H51N7O6/c1-6-41(7-2)23-28-30(24-16-12-11-13-17-24)40-43(39-28)26-20-29-31(44)38-36(33(46)47)21-25(36)18-14-9-8-10-15-19-27(32(45)42(29)22-26)37-34(48)49-35(3,4)5/h11-14,16-18,25-27,29H,6-10,15,19-23H2,1-5H3,(H,37,48)(H,38,44)(H,46,47)/b18-14-/t25-,26+,27+,29+,36-/m1/s1. The fourth-order valence-electron chi connectivity index (χ4n) is 6.80. The maximum atomic E-state index is 14.4. The molecule has 0 bridgehead atoms. The van der Waals surface area contributed by atoms with Gasteiger partial charge in [0, 0.05) is 31.0 Å². The molecule has 3 amide bonds. The van der Waals surface area contributed by atoms with Crippen LogP contribution >= 0.6 is 0 Å². The van der Waals surface area contributed by atoms with Gasteiger partial charge in [0.25, 0.3) is 0 Å². The second kappa shape index (κ2) is 15.1. The van der Waals surface area contributed by atoms with Crippen LogP contribution in [0.25, 0.3) is 11.3 Å². The molecular weight excluding hydrogens is 626 g/mol. The summed E-state index contributed by atoms with van der Waals surface area (Å²) in [6.07, 6.45) is 7.08. The molecule has 1 aromatic heterocycles. The van der Waals surface area contributed by atoms with E-state index < -0.39 is 53.1 Å². The van der Waals surface area contributed by atoms with Gasteiger partial charge in [-0.2, -0.15) is 15.0 Å². The lowest BCUT2D eigenvalue weighted by atomic mass is 10.0. The monoisotopic (exact) mass is 677 g/mol. The fourth-order valence-corrected chi connectivity index (χ4v) is 6.80. The Morgan fingerprint density at radius 3 is 2.51 bits per heavy atom. The summed E-state index contributed by atoms with van der Waals surface area (Å²) in [6, 6.07) is 7.39. The van der Waals surface area contributed by atoms with E-state index >= 15 is 0 Å². The van der Waals surface area contributed by atoms with Gasteiger partial charge >= 0.3 is 12.1 Å². The molecule has 13 nitrogen and oxygen atoms in total. The Balaban J connectivity index is 1.50. The molecule has 2 aliphatic heterocycles. The first kappa shape index (κ1) is 36.0. The first-order chi connectivity index (χ1) is 23.3. The predicted octanol–water partition coefficient (Wildman–Crippen LogP) is 4.30. The topological polar surface area (TPSA) is 159 Å². The molecular formula is C36H51N7O6. The van der Waals surface area contributed by atoms with Crippen molar-refractivity contribution in [2.24, 2.45) is 5.92 Å². The number of amides is 3. The number of aromatic nitrogens is 3. The number of nitrogens with zero attached hydrogens (tertiary/aromatic N) is 5. The number of carboxylic acids is 1. The Hall–Kier alpha value is -4.26. The molecule has 3 aliphatic rings. The fraction of sp³-hybridized carbons (Fsp3) is 0.611. The summed E-state index contributed by atoms with van der Waals surface area (Å²) in [5, 5.41) is 25.7. The number of ether oxygens (including phenoxy) is 1. The lowest BCUT2D eigenvalue weighted by Gasteiger charge is -2.30. The van der Waals surface area contributed by atoms with Crippen molar-refractivity contribution in [2.75, 3.05) is 19.6 Å². The Morgan fingerprint density at radius 2 is 1.84 bits per heavy atom. The molecule has 0 unspecified atom stereocenters. The van der Waals surface area contributed by atoms with Gasteiger partial charge in [-0.3, -0.25) is 14.5 Å². The zero-order chi connectivity index (χ0) is 35.3. The maximum Gasteiger partial charge on any atom is 0.408 e. The molecule has 3 N–H and O–H groups in total. The molecule has 5 atom stereocenters. The molecule has 1 aliphatic carbocycles. The van der Waals surface area contributed by atoms with Gasteiger partial charge in [0.2, 0.25) is 11.8 Å². The highest BCUT2D eigenvalue weighted by molar-refractivity contribution is 5.96. The first-order valence-electron chi connectivity index (χ1n) is 17.6. The van der Waals surface area contributed by atoms with Gasteiger partial charge < -0.3 is 25.4 Å². The third kappa shape index (κ3) is 8.49. The first-order valence-corrected chi connectivity index (χ1v) is 17.6. The van der Waals surface area contributed by atoms with Crippen LogP contribution in [0.3, 0.4) is 0 Å². The number of fused-ring (bicyclic) bond motifs is 2. The molecule has 13 heteroatoms. The summed E-state index contributed by atoms with van der Waals surface area (Å²) in [5.41, 5.74) is 0.246. The molecule has 1 aromatic carbocycles. The van der Waals surface area contributed by atoms with Crippen LogP contribution in [0.5, 0.6) is 0 Å². The minimum absolute atomic E-state index is 0.112. The summed E-state index contributed by atoms with van der Waals surface area (Å²) in [5.74, 6) is -2.39. The van der Waals surface area contributed by atoms with Crippen LogP contribution < -0.4 is 10.6 Å². The van der Waals surface area contributed by atoms with Crippen molar-refractivity contribution < 1.29 is 29.0 Å². The van der Waals surface area contributed by atoms with Gasteiger partial charge in [-0.05, 0) is 59.5 Å². The van der Waals surface area contributed by atoms with Crippen LogP contribution in [-0.2, 0) is 25.7 Å². The number of hydrogen-bond donors (Lipinski definition) is 3. The van der Waals surface area contributed by atoms with Crippen LogP contribution in [0.15, 0.2) is 42.5 Å². The zero-order valence-electron chi connectivity index (χ0n) is 29.4. The Kier molecular flexibility index (Phi) is 11.1. The molecule has 5 rings (SSSR count). The van der Waals surface area contributed by atoms with Gasteiger partial charge in [0.1, 0.15) is 34.6 Å². The van der Waals surface area contributed by atoms with E-state index in [4.69, 9.17) is 14.9 Å². The van der Waals surface area contributed by atoms with E-state index in [-0.39, 0.29) is 25.3 Å². The van der Waals surface area contributed by atoms with E-state index in [1.165, 1.54) is 4.90 Å². The molecule has 2 fully saturated rings. The molecule has 1 saturated carbocycles. The molecule has 2 aromatic rings. The Labute approximate surface area is 288 Å². The normalized spacial score (nSPS) is 26.9. The van der Waals surface area contributed by atoms with Gasteiger partial charge in [-0.1, -0.05) is 69.2 Å². The largest absolute Gasteiger partial charge is 0.479 e. The average molecular weight is 678 g/mol. The van der Waals surface area contributed by atoms with E-state index in [2.05, 4.69) is 29.4 Å². The smallest absolute Gasteiger partial charge is 0.408 e. The molecule has 0 spiro atoms. The third-order valence-electron chi connectivity index (χ3n) is 9.67. The highest BCUT2D eigenvalue weighted by Crippen LogP contribution is 2.45. The number of carbonyl (C=O) groups excluding carboxylic acids is 3. The second-order valence-corrected chi connectivity index (χ2v) is 14.4. The number of benzene rings is 1. The summed E-state index contributed by atoms with van der Waals surface area (Å²) >= 11 is 0. The second-order valence-electron chi connectivity index (χ2n) is 14.4. The zero-order valence-corrected chi connectivity index (χ0v) is 29.4. The van der Waals surface area contributed by atoms with Crippen molar-refractivity contribution in [2.45, 2.75) is 115 Å². The summed E-state index contributed by atoms with van der Waals surface area (Å²) in [6.45, 7) is 11.8. The van der Waals surface area contributed by atoms with Crippen LogP contribution in [0.2, 0.25) is 0 Å².